The molecule has 72 valence electrons. The molecule has 1 nitrogen and oxygen atoms in total. The highest BCUT2D eigenvalue weighted by Gasteiger charge is 2.04. The summed E-state index contributed by atoms with van der Waals surface area (Å²) < 4.78 is 1.04. The van der Waals surface area contributed by atoms with Crippen LogP contribution in [0.15, 0.2) is 28.2 Å². The number of halogens is 2. The van der Waals surface area contributed by atoms with Crippen molar-refractivity contribution in [1.29, 1.82) is 5.26 Å². The molecule has 0 saturated carbocycles. The minimum absolute atomic E-state index is 0.517. The minimum atomic E-state index is 0.517. The third-order valence-corrected chi connectivity index (χ3v) is 3.30. The van der Waals surface area contributed by atoms with Gasteiger partial charge in [0, 0.05) is 10.0 Å². The Morgan fingerprint density at radius 3 is 2.64 bits per heavy atom. The Labute approximate surface area is 97.1 Å². The zero-order valence-electron chi connectivity index (χ0n) is 7.94. The predicted octanol–water partition coefficient (Wildman–Crippen LogP) is 4.25. The lowest BCUT2D eigenvalue weighted by Crippen LogP contribution is -1.83. The average Bonchev–Trinajstić information content (AvgIpc) is 2.20. The van der Waals surface area contributed by atoms with Crippen molar-refractivity contribution >= 4 is 32.6 Å². The van der Waals surface area contributed by atoms with E-state index in [-0.39, 0.29) is 0 Å². The van der Waals surface area contributed by atoms with Gasteiger partial charge in [-0.2, -0.15) is 5.26 Å². The summed E-state index contributed by atoms with van der Waals surface area (Å²) in [5.74, 6) is 0. The van der Waals surface area contributed by atoms with Gasteiger partial charge in [-0.05, 0) is 37.1 Å². The average molecular weight is 271 g/mol. The molecule has 0 saturated heterocycles. The normalized spacial score (nSPS) is 11.9. The van der Waals surface area contributed by atoms with E-state index in [4.69, 9.17) is 16.9 Å². The molecule has 1 aromatic rings. The molecule has 3 heteroatoms. The van der Waals surface area contributed by atoms with Crippen molar-refractivity contribution in [3.8, 4) is 6.07 Å². The summed E-state index contributed by atoms with van der Waals surface area (Å²) in [7, 11) is 0. The molecule has 0 fully saturated rings. The number of rotatable bonds is 1. The molecule has 0 aliphatic carbocycles. The molecule has 0 N–H and O–H groups in total. The zero-order valence-corrected chi connectivity index (χ0v) is 10.3. The van der Waals surface area contributed by atoms with Gasteiger partial charge in [0.2, 0.25) is 0 Å². The summed E-state index contributed by atoms with van der Waals surface area (Å²) in [6, 6.07) is 7.80. The van der Waals surface area contributed by atoms with Crippen LogP contribution in [0, 0.1) is 18.3 Å². The second-order valence-electron chi connectivity index (χ2n) is 3.01. The van der Waals surface area contributed by atoms with Gasteiger partial charge in [-0.1, -0.05) is 33.6 Å². The fraction of sp³-hybridized carbons (Fsp3) is 0.182. The molecule has 1 aromatic carbocycles. The van der Waals surface area contributed by atoms with Crippen LogP contribution in [-0.4, -0.2) is 0 Å². The van der Waals surface area contributed by atoms with Gasteiger partial charge in [0.15, 0.2) is 0 Å². The van der Waals surface area contributed by atoms with E-state index in [1.165, 1.54) is 0 Å². The highest BCUT2D eigenvalue weighted by Crippen LogP contribution is 2.26. The van der Waals surface area contributed by atoms with E-state index in [1.54, 1.807) is 6.92 Å². The fourth-order valence-electron chi connectivity index (χ4n) is 1.05. The van der Waals surface area contributed by atoms with Gasteiger partial charge in [-0.15, -0.1) is 0 Å². The Morgan fingerprint density at radius 1 is 1.50 bits per heavy atom. The fourth-order valence-corrected chi connectivity index (χ4v) is 1.45. The van der Waals surface area contributed by atoms with E-state index in [1.807, 2.05) is 31.2 Å². The molecule has 0 radical (unpaired) electrons. The maximum Gasteiger partial charge on any atom is 0.0959 e. The van der Waals surface area contributed by atoms with Crippen molar-refractivity contribution in [1.82, 2.24) is 0 Å². The van der Waals surface area contributed by atoms with E-state index in [2.05, 4.69) is 15.9 Å². The molecule has 14 heavy (non-hydrogen) atoms. The SMILES string of the molecule is C/C(C#N)=C(/Cl)c1ccc(Br)c(C)c1. The first-order valence-electron chi connectivity index (χ1n) is 4.09. The minimum Gasteiger partial charge on any atom is -0.193 e. The van der Waals surface area contributed by atoms with Crippen LogP contribution < -0.4 is 0 Å². The number of hydrogen-bond donors (Lipinski definition) is 0. The second-order valence-corrected chi connectivity index (χ2v) is 4.25. The molecule has 0 aliphatic rings. The van der Waals surface area contributed by atoms with Crippen molar-refractivity contribution in [2.24, 2.45) is 0 Å². The van der Waals surface area contributed by atoms with E-state index in [0.29, 0.717) is 10.6 Å². The molecule has 0 amide bonds. The lowest BCUT2D eigenvalue weighted by atomic mass is 10.1. The predicted molar refractivity (Wildman–Crippen MR) is 62.9 cm³/mol. The van der Waals surface area contributed by atoms with Gasteiger partial charge >= 0.3 is 0 Å². The molecule has 1 rings (SSSR count). The van der Waals surface area contributed by atoms with Crippen molar-refractivity contribution < 1.29 is 0 Å². The van der Waals surface area contributed by atoms with Gasteiger partial charge in [-0.25, -0.2) is 0 Å². The van der Waals surface area contributed by atoms with E-state index in [0.717, 1.165) is 15.6 Å². The van der Waals surface area contributed by atoms with Crippen LogP contribution in [0.5, 0.6) is 0 Å². The number of nitrogens with zero attached hydrogens (tertiary/aromatic N) is 1. The molecule has 0 spiro atoms. The lowest BCUT2D eigenvalue weighted by Gasteiger charge is -2.03. The number of allylic oxidation sites excluding steroid dienone is 1. The number of aryl methyl sites for hydroxylation is 1. The van der Waals surface area contributed by atoms with Crippen LogP contribution in [0.1, 0.15) is 18.1 Å². The van der Waals surface area contributed by atoms with Crippen molar-refractivity contribution in [3.05, 3.63) is 39.4 Å². The first-order chi connectivity index (χ1) is 6.56. The van der Waals surface area contributed by atoms with E-state index >= 15 is 0 Å². The largest absolute Gasteiger partial charge is 0.193 e. The zero-order chi connectivity index (χ0) is 10.7. The number of nitriles is 1. The molecular weight excluding hydrogens is 261 g/mol. The molecule has 0 heterocycles. The monoisotopic (exact) mass is 269 g/mol. The number of hydrogen-bond acceptors (Lipinski definition) is 1. The van der Waals surface area contributed by atoms with Crippen LogP contribution in [0.2, 0.25) is 0 Å². The second kappa shape index (κ2) is 4.63. The van der Waals surface area contributed by atoms with Crippen LogP contribution in [0.4, 0.5) is 0 Å². The Balaban J connectivity index is 3.24. The highest BCUT2D eigenvalue weighted by atomic mass is 79.9. The van der Waals surface area contributed by atoms with Gasteiger partial charge in [-0.3, -0.25) is 0 Å². The van der Waals surface area contributed by atoms with Crippen LogP contribution in [0.3, 0.4) is 0 Å². The highest BCUT2D eigenvalue weighted by molar-refractivity contribution is 9.10. The summed E-state index contributed by atoms with van der Waals surface area (Å²) in [5.41, 5.74) is 2.52. The molecule has 0 aliphatic heterocycles. The van der Waals surface area contributed by atoms with Crippen LogP contribution in [0.25, 0.3) is 5.03 Å². The first-order valence-corrected chi connectivity index (χ1v) is 5.26. The Kier molecular flexibility index (Phi) is 3.74. The van der Waals surface area contributed by atoms with Crippen LogP contribution >= 0.6 is 27.5 Å². The van der Waals surface area contributed by atoms with Gasteiger partial charge in [0.1, 0.15) is 0 Å². The number of benzene rings is 1. The summed E-state index contributed by atoms with van der Waals surface area (Å²) >= 11 is 9.43. The molecule has 0 aromatic heterocycles. The van der Waals surface area contributed by atoms with E-state index < -0.39 is 0 Å². The third kappa shape index (κ3) is 2.37. The topological polar surface area (TPSA) is 23.8 Å². The lowest BCUT2D eigenvalue weighted by molar-refractivity contribution is 1.40. The van der Waals surface area contributed by atoms with Crippen LogP contribution in [-0.2, 0) is 0 Å². The third-order valence-electron chi connectivity index (χ3n) is 1.91. The van der Waals surface area contributed by atoms with Crippen molar-refractivity contribution in [2.75, 3.05) is 0 Å². The first kappa shape index (κ1) is 11.3. The quantitative estimate of drug-likeness (QED) is 0.700. The Hall–Kier alpha value is -0.780. The maximum absolute atomic E-state index is 8.69. The summed E-state index contributed by atoms with van der Waals surface area (Å²) in [4.78, 5) is 0. The molecular formula is C11H9BrClN. The Morgan fingerprint density at radius 2 is 2.14 bits per heavy atom. The maximum atomic E-state index is 8.69. The molecule has 0 bridgehead atoms. The summed E-state index contributed by atoms with van der Waals surface area (Å²) in [5, 5.41) is 9.21. The van der Waals surface area contributed by atoms with Gasteiger partial charge < -0.3 is 0 Å². The van der Waals surface area contributed by atoms with Crippen molar-refractivity contribution in [2.45, 2.75) is 13.8 Å². The van der Waals surface area contributed by atoms with Gasteiger partial charge in [0.05, 0.1) is 11.1 Å². The summed E-state index contributed by atoms with van der Waals surface area (Å²) in [6.45, 7) is 3.69. The smallest absolute Gasteiger partial charge is 0.0959 e. The van der Waals surface area contributed by atoms with E-state index in [9.17, 15) is 0 Å². The molecule has 0 unspecified atom stereocenters. The summed E-state index contributed by atoms with van der Waals surface area (Å²) in [6.07, 6.45) is 0. The molecule has 0 atom stereocenters. The Bertz CT molecular complexity index is 429. The van der Waals surface area contributed by atoms with Crippen molar-refractivity contribution in [3.63, 3.8) is 0 Å². The standard InChI is InChI=1S/C11H9BrClN/c1-7-5-9(3-4-10(7)12)11(13)8(2)6-14/h3-5H,1-2H3/b11-8-. The van der Waals surface area contributed by atoms with Gasteiger partial charge in [0.25, 0.3) is 0 Å².